The van der Waals surface area contributed by atoms with E-state index in [-0.39, 0.29) is 0 Å². The van der Waals surface area contributed by atoms with Crippen molar-refractivity contribution in [3.05, 3.63) is 40.3 Å². The van der Waals surface area contributed by atoms with E-state index in [0.717, 1.165) is 5.56 Å². The monoisotopic (exact) mass is 314 g/mol. The molecule has 0 radical (unpaired) electrons. The molecule has 0 atom stereocenters. The van der Waals surface area contributed by atoms with Gasteiger partial charge in [-0.3, -0.25) is 0 Å². The highest BCUT2D eigenvalue weighted by molar-refractivity contribution is 7.92. The van der Waals surface area contributed by atoms with Crippen LogP contribution in [0.4, 0.5) is 0 Å². The molecule has 1 aliphatic rings. The van der Waals surface area contributed by atoms with Crippen LogP contribution >= 0.6 is 11.6 Å². The van der Waals surface area contributed by atoms with E-state index in [1.807, 2.05) is 13.8 Å². The van der Waals surface area contributed by atoms with Crippen molar-refractivity contribution in [2.24, 2.45) is 0 Å². The van der Waals surface area contributed by atoms with Crippen LogP contribution in [0.3, 0.4) is 0 Å². The molecule has 4 nitrogen and oxygen atoms in total. The number of piperazine rings is 1. The van der Waals surface area contributed by atoms with Crippen molar-refractivity contribution in [1.82, 2.24) is 9.62 Å². The molecule has 110 valence electrons. The van der Waals surface area contributed by atoms with E-state index in [1.165, 1.54) is 5.41 Å². The zero-order valence-electron chi connectivity index (χ0n) is 11.6. The Labute approximate surface area is 125 Å². The summed E-state index contributed by atoms with van der Waals surface area (Å²) in [6.45, 7) is 5.67. The summed E-state index contributed by atoms with van der Waals surface area (Å²) < 4.78 is 26.4. The van der Waals surface area contributed by atoms with E-state index in [1.54, 1.807) is 34.6 Å². The summed E-state index contributed by atoms with van der Waals surface area (Å²) in [6.07, 6.45) is 1.60. The molecule has 0 spiro atoms. The van der Waals surface area contributed by atoms with Crippen LogP contribution in [0, 0.1) is 0 Å². The van der Waals surface area contributed by atoms with Gasteiger partial charge in [0, 0.05) is 35.6 Å². The van der Waals surface area contributed by atoms with Gasteiger partial charge in [0.1, 0.15) is 0 Å². The lowest BCUT2D eigenvalue weighted by Gasteiger charge is -2.40. The first-order valence-electron chi connectivity index (χ1n) is 6.48. The number of nitrogens with one attached hydrogen (secondary N) is 1. The summed E-state index contributed by atoms with van der Waals surface area (Å²) in [7, 11) is -3.42. The van der Waals surface area contributed by atoms with E-state index in [4.69, 9.17) is 11.6 Å². The maximum Gasteiger partial charge on any atom is 0.236 e. The molecule has 1 aromatic rings. The Balaban J connectivity index is 2.20. The van der Waals surface area contributed by atoms with Crippen molar-refractivity contribution in [2.75, 3.05) is 19.6 Å². The highest BCUT2D eigenvalue weighted by Crippen LogP contribution is 2.22. The molecule has 1 saturated heterocycles. The van der Waals surface area contributed by atoms with E-state index in [0.29, 0.717) is 24.7 Å². The van der Waals surface area contributed by atoms with Crippen LogP contribution in [0.15, 0.2) is 29.7 Å². The van der Waals surface area contributed by atoms with Gasteiger partial charge < -0.3 is 5.32 Å². The zero-order valence-corrected chi connectivity index (χ0v) is 13.2. The van der Waals surface area contributed by atoms with Gasteiger partial charge in [0.05, 0.1) is 0 Å². The van der Waals surface area contributed by atoms with Crippen molar-refractivity contribution in [3.63, 3.8) is 0 Å². The third-order valence-corrected chi connectivity index (χ3v) is 5.36. The summed E-state index contributed by atoms with van der Waals surface area (Å²) in [5.74, 6) is 0. The molecule has 0 aromatic heterocycles. The SMILES string of the molecule is CC1(C)CNCCN1S(=O)(=O)C=Cc1ccc(Cl)cc1. The molecule has 1 heterocycles. The maximum atomic E-state index is 12.4. The van der Waals surface area contributed by atoms with Crippen LogP contribution in [0.1, 0.15) is 19.4 Å². The molecule has 1 fully saturated rings. The molecule has 20 heavy (non-hydrogen) atoms. The predicted octanol–water partition coefficient (Wildman–Crippen LogP) is 2.32. The van der Waals surface area contributed by atoms with E-state index >= 15 is 0 Å². The van der Waals surface area contributed by atoms with Crippen molar-refractivity contribution in [2.45, 2.75) is 19.4 Å². The number of benzene rings is 1. The number of sulfonamides is 1. The summed E-state index contributed by atoms with van der Waals surface area (Å²) >= 11 is 5.80. The minimum absolute atomic E-state index is 0.415. The fourth-order valence-electron chi connectivity index (χ4n) is 2.25. The fraction of sp³-hybridized carbons (Fsp3) is 0.429. The summed E-state index contributed by atoms with van der Waals surface area (Å²) in [6, 6.07) is 7.06. The fourth-order valence-corrected chi connectivity index (χ4v) is 3.95. The topological polar surface area (TPSA) is 49.4 Å². The Morgan fingerprint density at radius 3 is 2.55 bits per heavy atom. The highest BCUT2D eigenvalue weighted by Gasteiger charge is 2.36. The van der Waals surface area contributed by atoms with Crippen LogP contribution in [-0.2, 0) is 10.0 Å². The number of hydrogen-bond donors (Lipinski definition) is 1. The minimum Gasteiger partial charge on any atom is -0.314 e. The first-order valence-corrected chi connectivity index (χ1v) is 8.37. The molecule has 1 N–H and O–H groups in total. The van der Waals surface area contributed by atoms with Crippen LogP contribution in [0.25, 0.3) is 6.08 Å². The van der Waals surface area contributed by atoms with Gasteiger partial charge in [-0.15, -0.1) is 0 Å². The van der Waals surface area contributed by atoms with Crippen molar-refractivity contribution in [3.8, 4) is 0 Å². The second kappa shape index (κ2) is 5.85. The third-order valence-electron chi connectivity index (χ3n) is 3.33. The lowest BCUT2D eigenvalue weighted by atomic mass is 10.0. The second-order valence-corrected chi connectivity index (χ2v) is 7.64. The number of rotatable bonds is 3. The van der Waals surface area contributed by atoms with Crippen molar-refractivity contribution in [1.29, 1.82) is 0 Å². The Morgan fingerprint density at radius 1 is 1.30 bits per heavy atom. The van der Waals surface area contributed by atoms with Gasteiger partial charge in [0.25, 0.3) is 0 Å². The predicted molar refractivity (Wildman–Crippen MR) is 83.1 cm³/mol. The van der Waals surface area contributed by atoms with Crippen LogP contribution < -0.4 is 5.32 Å². The average molecular weight is 315 g/mol. The van der Waals surface area contributed by atoms with Crippen LogP contribution in [0.5, 0.6) is 0 Å². The number of halogens is 1. The summed E-state index contributed by atoms with van der Waals surface area (Å²) in [5.41, 5.74) is 0.396. The molecule has 2 rings (SSSR count). The molecule has 0 aliphatic carbocycles. The Morgan fingerprint density at radius 2 is 1.95 bits per heavy atom. The maximum absolute atomic E-state index is 12.4. The largest absolute Gasteiger partial charge is 0.314 e. The number of hydrogen-bond acceptors (Lipinski definition) is 3. The Bertz CT molecular complexity index is 594. The average Bonchev–Trinajstić information content (AvgIpc) is 2.37. The normalized spacial score (nSPS) is 20.4. The standard InChI is InChI=1S/C14H19ClN2O2S/c1-14(2)11-16-8-9-17(14)20(18,19)10-7-12-3-5-13(15)6-4-12/h3-7,10,16H,8-9,11H2,1-2H3. The van der Waals surface area contributed by atoms with Gasteiger partial charge in [-0.2, -0.15) is 4.31 Å². The molecule has 6 heteroatoms. The molecule has 0 bridgehead atoms. The molecule has 1 aromatic carbocycles. The second-order valence-electron chi connectivity index (χ2n) is 5.46. The molecular formula is C14H19ClN2O2S. The van der Waals surface area contributed by atoms with Crippen molar-refractivity contribution < 1.29 is 8.42 Å². The lowest BCUT2D eigenvalue weighted by Crippen LogP contribution is -2.59. The van der Waals surface area contributed by atoms with Crippen LogP contribution in [-0.4, -0.2) is 37.9 Å². The summed E-state index contributed by atoms with van der Waals surface area (Å²) in [4.78, 5) is 0. The van der Waals surface area contributed by atoms with Gasteiger partial charge in [0.2, 0.25) is 10.0 Å². The lowest BCUT2D eigenvalue weighted by molar-refractivity contribution is 0.188. The molecule has 0 saturated carbocycles. The Hall–Kier alpha value is -0.880. The van der Waals surface area contributed by atoms with E-state index in [9.17, 15) is 8.42 Å². The summed E-state index contributed by atoms with van der Waals surface area (Å²) in [5, 5.41) is 5.11. The first-order chi connectivity index (χ1) is 9.31. The van der Waals surface area contributed by atoms with Gasteiger partial charge in [-0.1, -0.05) is 23.7 Å². The van der Waals surface area contributed by atoms with Gasteiger partial charge in [-0.25, -0.2) is 8.42 Å². The number of nitrogens with zero attached hydrogens (tertiary/aromatic N) is 1. The molecule has 1 aliphatic heterocycles. The molecule has 0 amide bonds. The molecular weight excluding hydrogens is 296 g/mol. The Kier molecular flexibility index (Phi) is 4.54. The minimum atomic E-state index is -3.42. The van der Waals surface area contributed by atoms with Crippen LogP contribution in [0.2, 0.25) is 5.02 Å². The smallest absolute Gasteiger partial charge is 0.236 e. The van der Waals surface area contributed by atoms with Gasteiger partial charge >= 0.3 is 0 Å². The quantitative estimate of drug-likeness (QED) is 0.931. The van der Waals surface area contributed by atoms with Gasteiger partial charge in [0.15, 0.2) is 0 Å². The highest BCUT2D eigenvalue weighted by atomic mass is 35.5. The zero-order chi connectivity index (χ0) is 14.8. The van der Waals surface area contributed by atoms with E-state index < -0.39 is 15.6 Å². The first kappa shape index (κ1) is 15.5. The third kappa shape index (κ3) is 3.61. The van der Waals surface area contributed by atoms with E-state index in [2.05, 4.69) is 5.32 Å². The van der Waals surface area contributed by atoms with Crippen molar-refractivity contribution >= 4 is 27.7 Å². The molecule has 0 unspecified atom stereocenters. The van der Waals surface area contributed by atoms with Gasteiger partial charge in [-0.05, 0) is 37.6 Å².